The maximum atomic E-state index is 12.1. The third-order valence-corrected chi connectivity index (χ3v) is 4.64. The average molecular weight is 335 g/mol. The zero-order chi connectivity index (χ0) is 17.8. The van der Waals surface area contributed by atoms with Crippen molar-refractivity contribution in [2.45, 2.75) is 25.0 Å². The van der Waals surface area contributed by atoms with Gasteiger partial charge in [0.15, 0.2) is 0 Å². The second-order valence-corrected chi connectivity index (χ2v) is 6.06. The van der Waals surface area contributed by atoms with E-state index in [0.717, 1.165) is 0 Å². The van der Waals surface area contributed by atoms with Gasteiger partial charge in [-0.15, -0.1) is 6.42 Å². The average Bonchev–Trinajstić information content (AvgIpc) is 2.98. The lowest BCUT2D eigenvalue weighted by Gasteiger charge is -2.20. The Balaban J connectivity index is 1.72. The summed E-state index contributed by atoms with van der Waals surface area (Å²) in [5.74, 6) is 2.54. The van der Waals surface area contributed by atoms with Crippen molar-refractivity contribution in [3.8, 4) is 23.5 Å². The number of hydrogen-bond acceptors (Lipinski definition) is 3. The molecule has 2 atom stereocenters. The molecular formula is C21H21NO3. The van der Waals surface area contributed by atoms with E-state index in [1.165, 1.54) is 22.3 Å². The predicted octanol–water partition coefficient (Wildman–Crippen LogP) is 3.56. The van der Waals surface area contributed by atoms with Crippen molar-refractivity contribution in [1.29, 1.82) is 0 Å². The molecule has 2 unspecified atom stereocenters. The minimum atomic E-state index is -0.534. The molecule has 0 heterocycles. The van der Waals surface area contributed by atoms with Gasteiger partial charge in [-0.05, 0) is 29.2 Å². The number of carbonyl (C=O) groups is 1. The fourth-order valence-corrected chi connectivity index (χ4v) is 3.20. The van der Waals surface area contributed by atoms with Crippen LogP contribution in [0.5, 0.6) is 0 Å². The summed E-state index contributed by atoms with van der Waals surface area (Å²) >= 11 is 0. The molecule has 1 N–H and O–H groups in total. The molecule has 1 aliphatic carbocycles. The molecule has 128 valence electrons. The topological polar surface area (TPSA) is 47.6 Å². The fourth-order valence-electron chi connectivity index (χ4n) is 3.20. The van der Waals surface area contributed by atoms with E-state index in [0.29, 0.717) is 0 Å². The molecule has 4 nitrogen and oxygen atoms in total. The van der Waals surface area contributed by atoms with E-state index >= 15 is 0 Å². The van der Waals surface area contributed by atoms with Gasteiger partial charge in [0.05, 0.1) is 6.10 Å². The summed E-state index contributed by atoms with van der Waals surface area (Å²) in [4.78, 5) is 12.1. The van der Waals surface area contributed by atoms with E-state index in [2.05, 4.69) is 35.5 Å². The number of rotatable bonds is 5. The van der Waals surface area contributed by atoms with Crippen molar-refractivity contribution in [3.05, 3.63) is 59.7 Å². The summed E-state index contributed by atoms with van der Waals surface area (Å²) in [5.41, 5.74) is 4.74. The Labute approximate surface area is 148 Å². The minimum Gasteiger partial charge on any atom is -0.449 e. The number of carbonyl (C=O) groups excluding carboxylic acids is 1. The van der Waals surface area contributed by atoms with Crippen LogP contribution in [0.2, 0.25) is 0 Å². The van der Waals surface area contributed by atoms with Crippen LogP contribution in [0.4, 0.5) is 4.79 Å². The summed E-state index contributed by atoms with van der Waals surface area (Å²) < 4.78 is 10.6. The molecule has 2 aromatic rings. The van der Waals surface area contributed by atoms with Crippen LogP contribution in [0.1, 0.15) is 24.0 Å². The number of methoxy groups -OCH3 is 1. The second-order valence-electron chi connectivity index (χ2n) is 6.06. The monoisotopic (exact) mass is 335 g/mol. The smallest absolute Gasteiger partial charge is 0.408 e. The lowest BCUT2D eigenvalue weighted by Crippen LogP contribution is -2.42. The first-order chi connectivity index (χ1) is 12.2. The van der Waals surface area contributed by atoms with E-state index in [1.807, 2.05) is 24.3 Å². The number of ether oxygens (including phenoxy) is 2. The Morgan fingerprint density at radius 3 is 2.24 bits per heavy atom. The van der Waals surface area contributed by atoms with Gasteiger partial charge in [0, 0.05) is 13.0 Å². The first-order valence-corrected chi connectivity index (χ1v) is 8.26. The maximum Gasteiger partial charge on any atom is 0.408 e. The van der Waals surface area contributed by atoms with Gasteiger partial charge >= 0.3 is 6.09 Å². The SMILES string of the molecule is C#CC(NC(=O)OCC1c2ccccc2-c2ccccc21)C(C)OC. The summed E-state index contributed by atoms with van der Waals surface area (Å²) in [7, 11) is 1.55. The minimum absolute atomic E-state index is 0.0299. The van der Waals surface area contributed by atoms with Crippen LogP contribution in [-0.4, -0.2) is 32.0 Å². The molecule has 25 heavy (non-hydrogen) atoms. The van der Waals surface area contributed by atoms with Gasteiger partial charge in [0.25, 0.3) is 0 Å². The van der Waals surface area contributed by atoms with Gasteiger partial charge in [-0.3, -0.25) is 0 Å². The highest BCUT2D eigenvalue weighted by Crippen LogP contribution is 2.44. The van der Waals surface area contributed by atoms with Gasteiger partial charge in [-0.25, -0.2) is 4.79 Å². The van der Waals surface area contributed by atoms with Crippen LogP contribution < -0.4 is 5.32 Å². The highest BCUT2D eigenvalue weighted by molar-refractivity contribution is 5.79. The number of hydrogen-bond donors (Lipinski definition) is 1. The molecule has 4 heteroatoms. The van der Waals surface area contributed by atoms with Gasteiger partial charge in [-0.2, -0.15) is 0 Å². The van der Waals surface area contributed by atoms with Crippen LogP contribution in [0.3, 0.4) is 0 Å². The van der Waals surface area contributed by atoms with Gasteiger partial charge < -0.3 is 14.8 Å². The summed E-state index contributed by atoms with van der Waals surface area (Å²) in [6, 6.07) is 15.9. The van der Waals surface area contributed by atoms with Crippen LogP contribution in [0.25, 0.3) is 11.1 Å². The van der Waals surface area contributed by atoms with E-state index < -0.39 is 12.1 Å². The second kappa shape index (κ2) is 7.42. The van der Waals surface area contributed by atoms with Crippen molar-refractivity contribution in [2.24, 2.45) is 0 Å². The van der Waals surface area contributed by atoms with Crippen molar-refractivity contribution >= 4 is 6.09 Å². The standard InChI is InChI=1S/C21H21NO3/c1-4-20(14(2)24-3)22-21(23)25-13-19-17-11-7-5-9-15(17)16-10-6-8-12-18(16)19/h1,5-12,14,19-20H,13H2,2-3H3,(H,22,23). The zero-order valence-electron chi connectivity index (χ0n) is 14.4. The molecule has 0 spiro atoms. The zero-order valence-corrected chi connectivity index (χ0v) is 14.4. The molecule has 0 aromatic heterocycles. The normalized spacial score (nSPS) is 14.8. The molecular weight excluding hydrogens is 314 g/mol. The molecule has 0 bridgehead atoms. The molecule has 0 radical (unpaired) electrons. The van der Waals surface area contributed by atoms with E-state index in [1.54, 1.807) is 14.0 Å². The van der Waals surface area contributed by atoms with E-state index in [-0.39, 0.29) is 18.6 Å². The van der Waals surface area contributed by atoms with Crippen LogP contribution in [0, 0.1) is 12.3 Å². The molecule has 2 aromatic carbocycles. The first kappa shape index (κ1) is 17.1. The Bertz CT molecular complexity index is 763. The quantitative estimate of drug-likeness (QED) is 0.850. The molecule has 3 rings (SSSR count). The number of fused-ring (bicyclic) bond motifs is 3. The third-order valence-electron chi connectivity index (χ3n) is 4.64. The van der Waals surface area contributed by atoms with Gasteiger partial charge in [-0.1, -0.05) is 54.5 Å². The largest absolute Gasteiger partial charge is 0.449 e. The molecule has 0 fully saturated rings. The highest BCUT2D eigenvalue weighted by atomic mass is 16.5. The van der Waals surface area contributed by atoms with Crippen LogP contribution in [0.15, 0.2) is 48.5 Å². The van der Waals surface area contributed by atoms with Crippen molar-refractivity contribution in [1.82, 2.24) is 5.32 Å². The molecule has 1 amide bonds. The maximum absolute atomic E-state index is 12.1. The van der Waals surface area contributed by atoms with Crippen molar-refractivity contribution < 1.29 is 14.3 Å². The van der Waals surface area contributed by atoms with Gasteiger partial charge in [0.2, 0.25) is 0 Å². The molecule has 1 aliphatic rings. The third kappa shape index (κ3) is 3.38. The Hall–Kier alpha value is -2.77. The number of alkyl carbamates (subject to hydrolysis) is 1. The molecule has 0 saturated heterocycles. The first-order valence-electron chi connectivity index (χ1n) is 8.26. The molecule has 0 aliphatic heterocycles. The van der Waals surface area contributed by atoms with Crippen molar-refractivity contribution in [3.63, 3.8) is 0 Å². The van der Waals surface area contributed by atoms with Crippen LogP contribution >= 0.6 is 0 Å². The van der Waals surface area contributed by atoms with Crippen molar-refractivity contribution in [2.75, 3.05) is 13.7 Å². The van der Waals surface area contributed by atoms with E-state index in [4.69, 9.17) is 15.9 Å². The lowest BCUT2D eigenvalue weighted by molar-refractivity contribution is 0.0899. The molecule has 0 saturated carbocycles. The number of benzene rings is 2. The Morgan fingerprint density at radius 1 is 1.16 bits per heavy atom. The number of terminal acetylenes is 1. The summed E-state index contributed by atoms with van der Waals surface area (Å²) in [6.45, 7) is 2.06. The van der Waals surface area contributed by atoms with E-state index in [9.17, 15) is 4.79 Å². The highest BCUT2D eigenvalue weighted by Gasteiger charge is 2.29. The number of amides is 1. The summed E-state index contributed by atoms with van der Waals surface area (Å²) in [5, 5.41) is 2.67. The number of nitrogens with one attached hydrogen (secondary N) is 1. The predicted molar refractivity (Wildman–Crippen MR) is 97.3 cm³/mol. The lowest BCUT2D eigenvalue weighted by atomic mass is 9.98. The Morgan fingerprint density at radius 2 is 1.72 bits per heavy atom. The Kier molecular flexibility index (Phi) is 5.06. The fraction of sp³-hybridized carbons (Fsp3) is 0.286. The van der Waals surface area contributed by atoms with Crippen LogP contribution in [-0.2, 0) is 9.47 Å². The summed E-state index contributed by atoms with van der Waals surface area (Å²) in [6.07, 6.45) is 4.62. The van der Waals surface area contributed by atoms with Gasteiger partial charge in [0.1, 0.15) is 12.6 Å².